The van der Waals surface area contributed by atoms with E-state index >= 15 is 0 Å². The number of fused-ring (bicyclic) bond motifs is 1. The molecule has 1 aromatic carbocycles. The maximum atomic E-state index is 5.89. The Hall–Kier alpha value is -1.81. The molecule has 3 rings (SSSR count). The quantitative estimate of drug-likeness (QED) is 0.928. The molecule has 0 atom stereocenters. The SMILES string of the molecule is Cn1ccc(CNCc2ccc3c(c2)CC(C)(C)O3)n1. The minimum atomic E-state index is -0.0671. The van der Waals surface area contributed by atoms with Gasteiger partial charge in [0.05, 0.1) is 5.69 Å². The Kier molecular flexibility index (Phi) is 3.26. The fraction of sp³-hybridized carbons (Fsp3) is 0.438. The van der Waals surface area contributed by atoms with Crippen LogP contribution in [0.4, 0.5) is 0 Å². The van der Waals surface area contributed by atoms with Crippen molar-refractivity contribution in [3.05, 3.63) is 47.3 Å². The summed E-state index contributed by atoms with van der Waals surface area (Å²) in [6.07, 6.45) is 2.95. The average Bonchev–Trinajstić information content (AvgIpc) is 2.90. The molecule has 0 bridgehead atoms. The van der Waals surface area contributed by atoms with E-state index in [1.165, 1.54) is 11.1 Å². The summed E-state index contributed by atoms with van der Waals surface area (Å²) in [5.41, 5.74) is 3.61. The molecule has 1 aromatic heterocycles. The van der Waals surface area contributed by atoms with Crippen LogP contribution in [-0.4, -0.2) is 15.4 Å². The molecule has 4 nitrogen and oxygen atoms in total. The summed E-state index contributed by atoms with van der Waals surface area (Å²) in [6, 6.07) is 8.50. The lowest BCUT2D eigenvalue weighted by Gasteiger charge is -2.16. The molecule has 1 aliphatic heterocycles. The molecule has 0 amide bonds. The highest BCUT2D eigenvalue weighted by molar-refractivity contribution is 5.41. The van der Waals surface area contributed by atoms with Gasteiger partial charge in [-0.05, 0) is 37.1 Å². The van der Waals surface area contributed by atoms with Crippen molar-refractivity contribution in [3.8, 4) is 5.75 Å². The largest absolute Gasteiger partial charge is 0.487 e. The Labute approximate surface area is 119 Å². The summed E-state index contributed by atoms with van der Waals surface area (Å²) in [5.74, 6) is 1.03. The predicted octanol–water partition coefficient (Wildman–Crippen LogP) is 2.42. The monoisotopic (exact) mass is 271 g/mol. The first-order chi connectivity index (χ1) is 9.52. The van der Waals surface area contributed by atoms with Crippen molar-refractivity contribution in [1.82, 2.24) is 15.1 Å². The minimum Gasteiger partial charge on any atom is -0.487 e. The van der Waals surface area contributed by atoms with Crippen molar-refractivity contribution in [2.45, 2.75) is 39.0 Å². The normalized spacial score (nSPS) is 15.9. The van der Waals surface area contributed by atoms with Crippen LogP contribution in [-0.2, 0) is 26.6 Å². The van der Waals surface area contributed by atoms with Gasteiger partial charge >= 0.3 is 0 Å². The van der Waals surface area contributed by atoms with Gasteiger partial charge in [-0.3, -0.25) is 4.68 Å². The van der Waals surface area contributed by atoms with E-state index in [0.29, 0.717) is 0 Å². The van der Waals surface area contributed by atoms with Crippen LogP contribution in [0.15, 0.2) is 30.5 Å². The molecule has 2 heterocycles. The number of nitrogens with one attached hydrogen (secondary N) is 1. The maximum absolute atomic E-state index is 5.89. The molecule has 106 valence electrons. The van der Waals surface area contributed by atoms with Gasteiger partial charge in [0.1, 0.15) is 11.4 Å². The van der Waals surface area contributed by atoms with Gasteiger partial charge in [-0.15, -0.1) is 0 Å². The van der Waals surface area contributed by atoms with Gasteiger partial charge in [0.15, 0.2) is 0 Å². The zero-order valence-corrected chi connectivity index (χ0v) is 12.3. The standard InChI is InChI=1S/C16H21N3O/c1-16(2)9-13-8-12(4-5-15(13)20-16)10-17-11-14-6-7-19(3)18-14/h4-8,17H,9-11H2,1-3H3. The molecular formula is C16H21N3O. The smallest absolute Gasteiger partial charge is 0.123 e. The third-order valence-electron chi connectivity index (χ3n) is 3.53. The van der Waals surface area contributed by atoms with E-state index in [0.717, 1.165) is 31.0 Å². The van der Waals surface area contributed by atoms with Crippen LogP contribution < -0.4 is 10.1 Å². The van der Waals surface area contributed by atoms with Crippen molar-refractivity contribution in [1.29, 1.82) is 0 Å². The number of hydrogen-bond donors (Lipinski definition) is 1. The van der Waals surface area contributed by atoms with Crippen LogP contribution in [0.3, 0.4) is 0 Å². The van der Waals surface area contributed by atoms with Crippen molar-refractivity contribution < 1.29 is 4.74 Å². The van der Waals surface area contributed by atoms with E-state index in [4.69, 9.17) is 4.74 Å². The molecule has 0 saturated carbocycles. The second-order valence-electron chi connectivity index (χ2n) is 6.06. The second-order valence-corrected chi connectivity index (χ2v) is 6.06. The van der Waals surface area contributed by atoms with Crippen molar-refractivity contribution >= 4 is 0 Å². The molecule has 1 aliphatic rings. The lowest BCUT2D eigenvalue weighted by atomic mass is 10.0. The van der Waals surface area contributed by atoms with Crippen LogP contribution in [0, 0.1) is 0 Å². The molecule has 0 spiro atoms. The first kappa shape index (κ1) is 13.2. The lowest BCUT2D eigenvalue weighted by Crippen LogP contribution is -2.24. The highest BCUT2D eigenvalue weighted by atomic mass is 16.5. The fourth-order valence-electron chi connectivity index (χ4n) is 2.67. The van der Waals surface area contributed by atoms with E-state index in [2.05, 4.69) is 42.5 Å². The second kappa shape index (κ2) is 4.94. The predicted molar refractivity (Wildman–Crippen MR) is 78.6 cm³/mol. The maximum Gasteiger partial charge on any atom is 0.123 e. The molecule has 0 fully saturated rings. The van der Waals surface area contributed by atoms with E-state index in [1.807, 2.05) is 24.0 Å². The van der Waals surface area contributed by atoms with Crippen molar-refractivity contribution in [2.75, 3.05) is 0 Å². The molecular weight excluding hydrogens is 250 g/mol. The number of rotatable bonds is 4. The third-order valence-corrected chi connectivity index (χ3v) is 3.53. The average molecular weight is 271 g/mol. The Morgan fingerprint density at radius 1 is 1.30 bits per heavy atom. The molecule has 0 aliphatic carbocycles. The van der Waals surface area contributed by atoms with E-state index in [1.54, 1.807) is 0 Å². The minimum absolute atomic E-state index is 0.0671. The number of hydrogen-bond acceptors (Lipinski definition) is 3. The van der Waals surface area contributed by atoms with Gasteiger partial charge in [0, 0.05) is 32.8 Å². The Morgan fingerprint density at radius 3 is 2.90 bits per heavy atom. The van der Waals surface area contributed by atoms with Crippen LogP contribution in [0.2, 0.25) is 0 Å². The van der Waals surface area contributed by atoms with Gasteiger partial charge in [0.25, 0.3) is 0 Å². The first-order valence-corrected chi connectivity index (χ1v) is 7.02. The van der Waals surface area contributed by atoms with E-state index in [9.17, 15) is 0 Å². The summed E-state index contributed by atoms with van der Waals surface area (Å²) in [7, 11) is 1.94. The Balaban J connectivity index is 1.59. The summed E-state index contributed by atoms with van der Waals surface area (Å²) >= 11 is 0. The molecule has 0 saturated heterocycles. The summed E-state index contributed by atoms with van der Waals surface area (Å²) in [6.45, 7) is 5.90. The number of nitrogens with zero attached hydrogens (tertiary/aromatic N) is 2. The van der Waals surface area contributed by atoms with Gasteiger partial charge in [0.2, 0.25) is 0 Å². The van der Waals surface area contributed by atoms with E-state index < -0.39 is 0 Å². The number of aryl methyl sites for hydroxylation is 1. The Morgan fingerprint density at radius 2 is 2.15 bits per heavy atom. The molecule has 20 heavy (non-hydrogen) atoms. The summed E-state index contributed by atoms with van der Waals surface area (Å²) in [4.78, 5) is 0. The van der Waals surface area contributed by atoms with Crippen LogP contribution in [0.5, 0.6) is 5.75 Å². The van der Waals surface area contributed by atoms with E-state index in [-0.39, 0.29) is 5.60 Å². The summed E-state index contributed by atoms with van der Waals surface area (Å²) in [5, 5.41) is 7.78. The first-order valence-electron chi connectivity index (χ1n) is 7.02. The number of ether oxygens (including phenoxy) is 1. The van der Waals surface area contributed by atoms with Crippen LogP contribution >= 0.6 is 0 Å². The number of aromatic nitrogens is 2. The highest BCUT2D eigenvalue weighted by Crippen LogP contribution is 2.35. The highest BCUT2D eigenvalue weighted by Gasteiger charge is 2.29. The van der Waals surface area contributed by atoms with Gasteiger partial charge in [-0.1, -0.05) is 12.1 Å². The van der Waals surface area contributed by atoms with Crippen molar-refractivity contribution in [3.63, 3.8) is 0 Å². The fourth-order valence-corrected chi connectivity index (χ4v) is 2.67. The summed E-state index contributed by atoms with van der Waals surface area (Å²) < 4.78 is 7.72. The van der Waals surface area contributed by atoms with Crippen LogP contribution in [0.25, 0.3) is 0 Å². The third kappa shape index (κ3) is 2.85. The molecule has 2 aromatic rings. The molecule has 1 N–H and O–H groups in total. The van der Waals surface area contributed by atoms with Gasteiger partial charge in [-0.2, -0.15) is 5.10 Å². The lowest BCUT2D eigenvalue weighted by molar-refractivity contribution is 0.138. The molecule has 0 unspecified atom stereocenters. The zero-order chi connectivity index (χ0) is 14.2. The van der Waals surface area contributed by atoms with Gasteiger partial charge < -0.3 is 10.1 Å². The number of benzene rings is 1. The zero-order valence-electron chi connectivity index (χ0n) is 12.3. The van der Waals surface area contributed by atoms with Crippen LogP contribution in [0.1, 0.15) is 30.7 Å². The van der Waals surface area contributed by atoms with Crippen molar-refractivity contribution in [2.24, 2.45) is 7.05 Å². The molecule has 4 heteroatoms. The topological polar surface area (TPSA) is 39.1 Å². The van der Waals surface area contributed by atoms with Gasteiger partial charge in [-0.25, -0.2) is 0 Å². The Bertz CT molecular complexity index is 616. The molecule has 0 radical (unpaired) electrons.